The second kappa shape index (κ2) is 11.4. The van der Waals surface area contributed by atoms with E-state index in [1.165, 1.54) is 0 Å². The molecule has 0 spiro atoms. The van der Waals surface area contributed by atoms with Crippen molar-refractivity contribution in [3.8, 4) is 5.75 Å². The van der Waals surface area contributed by atoms with Crippen LogP contribution in [0.2, 0.25) is 0 Å². The summed E-state index contributed by atoms with van der Waals surface area (Å²) >= 11 is 0. The Kier molecular flexibility index (Phi) is 8.29. The van der Waals surface area contributed by atoms with Gasteiger partial charge in [-0.3, -0.25) is 4.79 Å². The number of nitrogens with one attached hydrogen (secondary N) is 3. The minimum atomic E-state index is -0.343. The molecule has 2 aromatic rings. The third kappa shape index (κ3) is 6.72. The van der Waals surface area contributed by atoms with Crippen LogP contribution < -0.4 is 20.7 Å². The highest BCUT2D eigenvalue weighted by Crippen LogP contribution is 2.20. The molecule has 0 saturated carbocycles. The average Bonchev–Trinajstić information content (AvgIpc) is 3.32. The van der Waals surface area contributed by atoms with E-state index in [0.717, 1.165) is 53.5 Å². The van der Waals surface area contributed by atoms with Gasteiger partial charge in [0.1, 0.15) is 11.9 Å². The van der Waals surface area contributed by atoms with Crippen LogP contribution in [0.3, 0.4) is 0 Å². The lowest BCUT2D eigenvalue weighted by Gasteiger charge is -2.14. The monoisotopic (exact) mass is 424 g/mol. The van der Waals surface area contributed by atoms with E-state index in [1.807, 2.05) is 44.2 Å². The van der Waals surface area contributed by atoms with Gasteiger partial charge in [-0.25, -0.2) is 4.99 Å². The fourth-order valence-electron chi connectivity index (χ4n) is 3.44. The van der Waals surface area contributed by atoms with Gasteiger partial charge in [0.2, 0.25) is 0 Å². The second-order valence-corrected chi connectivity index (χ2v) is 7.56. The number of ether oxygens (including phenoxy) is 2. The zero-order chi connectivity index (χ0) is 22.1. The molecule has 0 bridgehead atoms. The molecule has 0 aromatic heterocycles. The maximum Gasteiger partial charge on any atom is 0.253 e. The molecule has 0 aliphatic carbocycles. The molecular weight excluding hydrogens is 392 g/mol. The van der Waals surface area contributed by atoms with Crippen LogP contribution in [0.15, 0.2) is 47.5 Å². The number of methoxy groups -OCH3 is 1. The van der Waals surface area contributed by atoms with Gasteiger partial charge >= 0.3 is 0 Å². The van der Waals surface area contributed by atoms with E-state index >= 15 is 0 Å². The Morgan fingerprint density at radius 3 is 2.84 bits per heavy atom. The van der Waals surface area contributed by atoms with E-state index < -0.39 is 0 Å². The maximum atomic E-state index is 12.3. The molecule has 3 N–H and O–H groups in total. The fraction of sp³-hybridized carbons (Fsp3) is 0.417. The first kappa shape index (κ1) is 22.6. The molecule has 7 nitrogen and oxygen atoms in total. The molecule has 1 aliphatic rings. The molecule has 31 heavy (non-hydrogen) atoms. The molecule has 1 atom stereocenters. The lowest BCUT2D eigenvalue weighted by atomic mass is 10.1. The molecule has 1 fully saturated rings. The molecule has 166 valence electrons. The second-order valence-electron chi connectivity index (χ2n) is 7.56. The van der Waals surface area contributed by atoms with E-state index in [4.69, 9.17) is 9.47 Å². The van der Waals surface area contributed by atoms with Crippen molar-refractivity contribution in [3.05, 3.63) is 59.2 Å². The van der Waals surface area contributed by atoms with E-state index in [-0.39, 0.29) is 12.0 Å². The lowest BCUT2D eigenvalue weighted by Crippen LogP contribution is -2.36. The van der Waals surface area contributed by atoms with Gasteiger partial charge in [-0.05, 0) is 56.0 Å². The van der Waals surface area contributed by atoms with Crippen LogP contribution in [0.4, 0.5) is 5.69 Å². The first-order valence-electron chi connectivity index (χ1n) is 10.8. The first-order valence-corrected chi connectivity index (χ1v) is 10.8. The van der Waals surface area contributed by atoms with E-state index in [2.05, 4.69) is 33.1 Å². The van der Waals surface area contributed by atoms with Gasteiger partial charge in [-0.1, -0.05) is 24.3 Å². The van der Waals surface area contributed by atoms with Crippen LogP contribution in [0.1, 0.15) is 36.5 Å². The summed E-state index contributed by atoms with van der Waals surface area (Å²) in [5.41, 5.74) is 4.00. The van der Waals surface area contributed by atoms with E-state index in [1.54, 1.807) is 7.11 Å². The molecule has 2 aromatic carbocycles. The number of carbonyl (C=O) groups excluding carboxylic acids is 1. The summed E-state index contributed by atoms with van der Waals surface area (Å²) < 4.78 is 10.9. The van der Waals surface area contributed by atoms with Crippen molar-refractivity contribution in [1.29, 1.82) is 0 Å². The van der Waals surface area contributed by atoms with Gasteiger partial charge in [-0.2, -0.15) is 0 Å². The smallest absolute Gasteiger partial charge is 0.253 e. The quantitative estimate of drug-likeness (QED) is 0.447. The van der Waals surface area contributed by atoms with Gasteiger partial charge in [-0.15, -0.1) is 0 Å². The predicted molar refractivity (Wildman–Crippen MR) is 123 cm³/mol. The fourth-order valence-corrected chi connectivity index (χ4v) is 3.44. The van der Waals surface area contributed by atoms with Crippen LogP contribution >= 0.6 is 0 Å². The third-order valence-corrected chi connectivity index (χ3v) is 5.07. The highest BCUT2D eigenvalue weighted by molar-refractivity contribution is 5.94. The van der Waals surface area contributed by atoms with Crippen LogP contribution in [0, 0.1) is 6.92 Å². The number of guanidine groups is 1. The number of hydrogen-bond donors (Lipinski definition) is 3. The van der Waals surface area contributed by atoms with Gasteiger partial charge in [0.25, 0.3) is 5.91 Å². The van der Waals surface area contributed by atoms with Crippen molar-refractivity contribution in [2.24, 2.45) is 4.99 Å². The largest absolute Gasteiger partial charge is 0.496 e. The molecule has 7 heteroatoms. The molecule has 1 unspecified atom stereocenters. The minimum Gasteiger partial charge on any atom is -0.496 e. The van der Waals surface area contributed by atoms with Crippen molar-refractivity contribution < 1.29 is 14.3 Å². The van der Waals surface area contributed by atoms with Gasteiger partial charge in [0.05, 0.1) is 13.7 Å². The maximum absolute atomic E-state index is 12.3. The summed E-state index contributed by atoms with van der Waals surface area (Å²) in [6.07, 6.45) is 1.37. The van der Waals surface area contributed by atoms with Crippen LogP contribution in [-0.4, -0.2) is 38.2 Å². The number of hydrogen-bond acceptors (Lipinski definition) is 4. The molecule has 1 amide bonds. The normalized spacial score (nSPS) is 16.1. The highest BCUT2D eigenvalue weighted by atomic mass is 16.5. The first-order chi connectivity index (χ1) is 15.1. The Morgan fingerprint density at radius 2 is 2.10 bits per heavy atom. The topological polar surface area (TPSA) is 84.0 Å². The SMILES string of the molecule is CCNC(=NCc1cccc(NC(=O)C2CCCO2)c1)NCc1ccc(C)cc1OC. The van der Waals surface area contributed by atoms with Crippen molar-refractivity contribution in [2.45, 2.75) is 45.9 Å². The number of benzene rings is 2. The summed E-state index contributed by atoms with van der Waals surface area (Å²) in [5.74, 6) is 1.50. The Hall–Kier alpha value is -3.06. The van der Waals surface area contributed by atoms with Crippen molar-refractivity contribution in [3.63, 3.8) is 0 Å². The number of carbonyl (C=O) groups is 1. The zero-order valence-corrected chi connectivity index (χ0v) is 18.5. The third-order valence-electron chi connectivity index (χ3n) is 5.07. The van der Waals surface area contributed by atoms with Gasteiger partial charge in [0, 0.05) is 30.9 Å². The number of aryl methyl sites for hydroxylation is 1. The van der Waals surface area contributed by atoms with Crippen molar-refractivity contribution >= 4 is 17.6 Å². The number of rotatable bonds is 8. The summed E-state index contributed by atoms with van der Waals surface area (Å²) in [6.45, 7) is 6.58. The lowest BCUT2D eigenvalue weighted by molar-refractivity contribution is -0.124. The van der Waals surface area contributed by atoms with E-state index in [9.17, 15) is 4.79 Å². The average molecular weight is 425 g/mol. The Bertz CT molecular complexity index is 907. The Labute approximate surface area is 184 Å². The van der Waals surface area contributed by atoms with Crippen LogP contribution in [0.25, 0.3) is 0 Å². The van der Waals surface area contributed by atoms with Crippen molar-refractivity contribution in [2.75, 3.05) is 25.6 Å². The molecule has 1 heterocycles. The summed E-state index contributed by atoms with van der Waals surface area (Å²) in [6, 6.07) is 13.9. The summed E-state index contributed by atoms with van der Waals surface area (Å²) in [5, 5.41) is 9.57. The molecule has 3 rings (SSSR count). The molecule has 0 radical (unpaired) electrons. The predicted octanol–water partition coefficient (Wildman–Crippen LogP) is 3.38. The summed E-state index contributed by atoms with van der Waals surface area (Å²) in [4.78, 5) is 17.0. The number of anilines is 1. The number of nitrogens with zero attached hydrogens (tertiary/aromatic N) is 1. The minimum absolute atomic E-state index is 0.0831. The van der Waals surface area contributed by atoms with Crippen molar-refractivity contribution in [1.82, 2.24) is 10.6 Å². The van der Waals surface area contributed by atoms with Crippen LogP contribution in [0.5, 0.6) is 5.75 Å². The Morgan fingerprint density at radius 1 is 1.23 bits per heavy atom. The van der Waals surface area contributed by atoms with E-state index in [0.29, 0.717) is 19.7 Å². The molecule has 1 saturated heterocycles. The molecular formula is C24H32N4O3. The molecule has 1 aliphatic heterocycles. The number of amides is 1. The highest BCUT2D eigenvalue weighted by Gasteiger charge is 2.23. The van der Waals surface area contributed by atoms with Crippen LogP contribution in [-0.2, 0) is 22.6 Å². The standard InChI is InChI=1S/C24H32N4O3/c1-4-25-24(27-16-19-11-10-17(2)13-22(19)30-3)26-15-18-7-5-8-20(14-18)28-23(29)21-9-6-12-31-21/h5,7-8,10-11,13-14,21H,4,6,9,12,15-16H2,1-3H3,(H,28,29)(H2,25,26,27). The van der Waals surface area contributed by atoms with Gasteiger partial charge in [0.15, 0.2) is 5.96 Å². The van der Waals surface area contributed by atoms with Gasteiger partial charge < -0.3 is 25.4 Å². The number of aliphatic imine (C=N–C) groups is 1. The Balaban J connectivity index is 1.61. The zero-order valence-electron chi connectivity index (χ0n) is 18.5. The summed E-state index contributed by atoms with van der Waals surface area (Å²) in [7, 11) is 1.68.